The zero-order chi connectivity index (χ0) is 10.6. The first kappa shape index (κ1) is 12.0. The first-order valence-electron chi connectivity index (χ1n) is 5.92. The van der Waals surface area contributed by atoms with Gasteiger partial charge in [-0.05, 0) is 57.2 Å². The lowest BCUT2D eigenvalue weighted by molar-refractivity contribution is 0.271. The Kier molecular flexibility index (Phi) is 4.39. The molecule has 2 heteroatoms. The molecule has 1 aliphatic carbocycles. The molecule has 0 saturated heterocycles. The normalized spacial score (nSPS) is 17.8. The van der Waals surface area contributed by atoms with E-state index in [9.17, 15) is 0 Å². The van der Waals surface area contributed by atoms with E-state index in [1.807, 2.05) is 0 Å². The molecule has 0 aromatic heterocycles. The Hall–Kier alpha value is -0.0800. The summed E-state index contributed by atoms with van der Waals surface area (Å²) >= 11 is 0. The van der Waals surface area contributed by atoms with Crippen LogP contribution in [0.5, 0.6) is 0 Å². The van der Waals surface area contributed by atoms with Crippen molar-refractivity contribution < 1.29 is 0 Å². The lowest BCUT2D eigenvalue weighted by Gasteiger charge is -2.24. The maximum atomic E-state index is 5.70. The van der Waals surface area contributed by atoms with Gasteiger partial charge in [0.1, 0.15) is 0 Å². The largest absolute Gasteiger partial charge is 0.330 e. The highest BCUT2D eigenvalue weighted by Crippen LogP contribution is 2.29. The average molecular weight is 198 g/mol. The van der Waals surface area contributed by atoms with Crippen molar-refractivity contribution in [3.63, 3.8) is 0 Å². The van der Waals surface area contributed by atoms with Crippen molar-refractivity contribution in [2.24, 2.45) is 17.1 Å². The Morgan fingerprint density at radius 1 is 1.36 bits per heavy atom. The van der Waals surface area contributed by atoms with E-state index in [2.05, 4.69) is 25.8 Å². The van der Waals surface area contributed by atoms with Crippen LogP contribution in [0.4, 0.5) is 0 Å². The van der Waals surface area contributed by atoms with Crippen molar-refractivity contribution >= 4 is 0 Å². The van der Waals surface area contributed by atoms with Gasteiger partial charge in [0.05, 0.1) is 0 Å². The molecule has 0 spiro atoms. The number of rotatable bonds is 7. The van der Waals surface area contributed by atoms with Crippen molar-refractivity contribution in [2.45, 2.75) is 39.5 Å². The van der Waals surface area contributed by atoms with Crippen LogP contribution < -0.4 is 5.73 Å². The van der Waals surface area contributed by atoms with Gasteiger partial charge in [-0.2, -0.15) is 0 Å². The summed E-state index contributed by atoms with van der Waals surface area (Å²) in [5.74, 6) is 1.02. The molecule has 2 N–H and O–H groups in total. The van der Waals surface area contributed by atoms with Gasteiger partial charge in [0, 0.05) is 6.54 Å². The summed E-state index contributed by atoms with van der Waals surface area (Å²) in [7, 11) is 2.24. The van der Waals surface area contributed by atoms with Gasteiger partial charge in [-0.3, -0.25) is 0 Å². The summed E-state index contributed by atoms with van der Waals surface area (Å²) in [6.07, 6.45) is 5.45. The van der Waals surface area contributed by atoms with Gasteiger partial charge in [0.25, 0.3) is 0 Å². The topological polar surface area (TPSA) is 29.3 Å². The molecule has 1 saturated carbocycles. The number of hydrogen-bond donors (Lipinski definition) is 1. The van der Waals surface area contributed by atoms with Crippen molar-refractivity contribution in [1.82, 2.24) is 4.90 Å². The molecule has 1 fully saturated rings. The monoisotopic (exact) mass is 198 g/mol. The summed E-state index contributed by atoms with van der Waals surface area (Å²) in [5, 5.41) is 0. The van der Waals surface area contributed by atoms with Gasteiger partial charge in [0.15, 0.2) is 0 Å². The molecule has 0 aromatic carbocycles. The highest BCUT2D eigenvalue weighted by atomic mass is 15.1. The second-order valence-corrected chi connectivity index (χ2v) is 5.68. The van der Waals surface area contributed by atoms with Gasteiger partial charge in [-0.1, -0.05) is 13.8 Å². The van der Waals surface area contributed by atoms with Crippen LogP contribution in [0.15, 0.2) is 0 Å². The van der Waals surface area contributed by atoms with Gasteiger partial charge in [0.2, 0.25) is 0 Å². The molecule has 0 amide bonds. The second-order valence-electron chi connectivity index (χ2n) is 5.68. The van der Waals surface area contributed by atoms with Crippen LogP contribution in [0.2, 0.25) is 0 Å². The Morgan fingerprint density at radius 2 is 2.00 bits per heavy atom. The zero-order valence-corrected chi connectivity index (χ0v) is 10.1. The third kappa shape index (κ3) is 4.97. The molecule has 2 nitrogen and oxygen atoms in total. The van der Waals surface area contributed by atoms with Crippen molar-refractivity contribution in [2.75, 3.05) is 26.7 Å². The van der Waals surface area contributed by atoms with Crippen LogP contribution >= 0.6 is 0 Å². The standard InChI is InChI=1S/C12H26N2/c1-12(2,10-13)7-4-8-14(3)9-11-5-6-11/h11H,4-10,13H2,1-3H3. The Morgan fingerprint density at radius 3 is 2.50 bits per heavy atom. The van der Waals surface area contributed by atoms with E-state index in [4.69, 9.17) is 5.73 Å². The smallest absolute Gasteiger partial charge is 0.000661 e. The van der Waals surface area contributed by atoms with Crippen LogP contribution in [0.3, 0.4) is 0 Å². The van der Waals surface area contributed by atoms with E-state index in [0.29, 0.717) is 5.41 Å². The average Bonchev–Trinajstić information content (AvgIpc) is 2.88. The summed E-state index contributed by atoms with van der Waals surface area (Å²) < 4.78 is 0. The summed E-state index contributed by atoms with van der Waals surface area (Å²) in [5.41, 5.74) is 6.03. The highest BCUT2D eigenvalue weighted by molar-refractivity contribution is 4.76. The van der Waals surface area contributed by atoms with E-state index in [-0.39, 0.29) is 0 Å². The van der Waals surface area contributed by atoms with Crippen LogP contribution in [-0.4, -0.2) is 31.6 Å². The predicted molar refractivity (Wildman–Crippen MR) is 62.3 cm³/mol. The van der Waals surface area contributed by atoms with E-state index in [1.54, 1.807) is 0 Å². The molecule has 14 heavy (non-hydrogen) atoms. The van der Waals surface area contributed by atoms with Crippen LogP contribution in [-0.2, 0) is 0 Å². The summed E-state index contributed by atoms with van der Waals surface area (Å²) in [6.45, 7) is 7.87. The van der Waals surface area contributed by atoms with E-state index in [1.165, 1.54) is 38.8 Å². The third-order valence-corrected chi connectivity index (χ3v) is 3.21. The van der Waals surface area contributed by atoms with Gasteiger partial charge >= 0.3 is 0 Å². The van der Waals surface area contributed by atoms with Gasteiger partial charge < -0.3 is 10.6 Å². The lowest BCUT2D eigenvalue weighted by Crippen LogP contribution is -2.27. The Labute approximate surface area is 88.8 Å². The highest BCUT2D eigenvalue weighted by Gasteiger charge is 2.22. The molecule has 0 unspecified atom stereocenters. The number of nitrogens with zero attached hydrogens (tertiary/aromatic N) is 1. The van der Waals surface area contributed by atoms with Crippen LogP contribution in [0, 0.1) is 11.3 Å². The lowest BCUT2D eigenvalue weighted by atomic mass is 9.88. The minimum atomic E-state index is 0.334. The molecule has 1 rings (SSSR count). The maximum absolute atomic E-state index is 5.70. The molecule has 0 heterocycles. The first-order chi connectivity index (χ1) is 6.53. The maximum Gasteiger partial charge on any atom is 0.000661 e. The van der Waals surface area contributed by atoms with Crippen LogP contribution in [0.25, 0.3) is 0 Å². The molecular formula is C12H26N2. The van der Waals surface area contributed by atoms with E-state index < -0.39 is 0 Å². The number of nitrogens with two attached hydrogens (primary N) is 1. The number of hydrogen-bond acceptors (Lipinski definition) is 2. The molecule has 1 aliphatic rings. The van der Waals surface area contributed by atoms with Crippen molar-refractivity contribution in [1.29, 1.82) is 0 Å². The Bertz CT molecular complexity index is 162. The fraction of sp³-hybridized carbons (Fsp3) is 1.00. The van der Waals surface area contributed by atoms with Crippen molar-refractivity contribution in [3.8, 4) is 0 Å². The van der Waals surface area contributed by atoms with Gasteiger partial charge in [-0.25, -0.2) is 0 Å². The fourth-order valence-corrected chi connectivity index (χ4v) is 1.76. The minimum Gasteiger partial charge on any atom is -0.330 e. The van der Waals surface area contributed by atoms with Crippen LogP contribution in [0.1, 0.15) is 39.5 Å². The summed E-state index contributed by atoms with van der Waals surface area (Å²) in [6, 6.07) is 0. The molecule has 0 atom stereocenters. The Balaban J connectivity index is 2.01. The van der Waals surface area contributed by atoms with Crippen molar-refractivity contribution in [3.05, 3.63) is 0 Å². The molecule has 0 bridgehead atoms. The third-order valence-electron chi connectivity index (χ3n) is 3.21. The fourth-order valence-electron chi connectivity index (χ4n) is 1.76. The second kappa shape index (κ2) is 5.13. The summed E-state index contributed by atoms with van der Waals surface area (Å²) in [4.78, 5) is 2.48. The molecule has 84 valence electrons. The molecule has 0 aromatic rings. The minimum absolute atomic E-state index is 0.334. The molecule has 0 aliphatic heterocycles. The quantitative estimate of drug-likeness (QED) is 0.679. The predicted octanol–water partition coefficient (Wildman–Crippen LogP) is 2.09. The zero-order valence-electron chi connectivity index (χ0n) is 10.1. The molecular weight excluding hydrogens is 172 g/mol. The SMILES string of the molecule is CN(CCCC(C)(C)CN)CC1CC1. The van der Waals surface area contributed by atoms with Gasteiger partial charge in [-0.15, -0.1) is 0 Å². The molecule has 0 radical (unpaired) electrons. The van der Waals surface area contributed by atoms with E-state index >= 15 is 0 Å². The first-order valence-corrected chi connectivity index (χ1v) is 5.92. The van der Waals surface area contributed by atoms with E-state index in [0.717, 1.165) is 12.5 Å².